The van der Waals surface area contributed by atoms with Gasteiger partial charge in [0.1, 0.15) is 11.4 Å². The summed E-state index contributed by atoms with van der Waals surface area (Å²) < 4.78 is 4.33. The molecule has 1 atom stereocenters. The molecule has 1 fully saturated rings. The summed E-state index contributed by atoms with van der Waals surface area (Å²) in [6, 6.07) is 0. The molecule has 18 heavy (non-hydrogen) atoms. The molecule has 2 heterocycles. The lowest BCUT2D eigenvalue weighted by Crippen LogP contribution is -2.50. The Hall–Kier alpha value is -1.21. The summed E-state index contributed by atoms with van der Waals surface area (Å²) in [6.45, 7) is 7.05. The van der Waals surface area contributed by atoms with Gasteiger partial charge in [-0.3, -0.25) is 4.79 Å². The number of rotatable bonds is 2. The maximum absolute atomic E-state index is 11.1. The second kappa shape index (κ2) is 4.17. The lowest BCUT2D eigenvalue weighted by Gasteiger charge is -2.19. The lowest BCUT2D eigenvalue weighted by molar-refractivity contribution is -0.142. The van der Waals surface area contributed by atoms with E-state index in [0.717, 1.165) is 11.0 Å². The molecule has 7 heteroatoms. The normalized spacial score (nSPS) is 24.6. The van der Waals surface area contributed by atoms with Crippen LogP contribution in [0.15, 0.2) is 0 Å². The molecular formula is C11H18N4O2S. The van der Waals surface area contributed by atoms with Gasteiger partial charge in [-0.05, 0) is 6.42 Å². The van der Waals surface area contributed by atoms with Gasteiger partial charge in [0.05, 0.1) is 0 Å². The highest BCUT2D eigenvalue weighted by atomic mass is 32.1. The second-order valence-corrected chi connectivity index (χ2v) is 6.51. The van der Waals surface area contributed by atoms with Crippen molar-refractivity contribution in [3.63, 3.8) is 0 Å². The van der Waals surface area contributed by atoms with Crippen LogP contribution in [0.1, 0.15) is 33.0 Å². The van der Waals surface area contributed by atoms with E-state index in [1.165, 1.54) is 11.5 Å². The fourth-order valence-corrected chi connectivity index (χ4v) is 2.70. The van der Waals surface area contributed by atoms with Gasteiger partial charge in [0.2, 0.25) is 5.13 Å². The predicted octanol–water partition coefficient (Wildman–Crippen LogP) is 0.828. The molecule has 1 aliphatic rings. The van der Waals surface area contributed by atoms with E-state index in [4.69, 9.17) is 10.8 Å². The molecule has 100 valence electrons. The Balaban J connectivity index is 2.15. The molecule has 0 amide bonds. The second-order valence-electron chi connectivity index (χ2n) is 5.78. The molecule has 0 saturated carbocycles. The molecule has 0 radical (unpaired) electrons. The monoisotopic (exact) mass is 270 g/mol. The van der Waals surface area contributed by atoms with Gasteiger partial charge in [-0.15, -0.1) is 0 Å². The average Bonchev–Trinajstić information content (AvgIpc) is 2.82. The van der Waals surface area contributed by atoms with E-state index in [1.807, 2.05) is 25.7 Å². The van der Waals surface area contributed by atoms with Crippen molar-refractivity contribution in [1.82, 2.24) is 9.36 Å². The van der Waals surface area contributed by atoms with Crippen molar-refractivity contribution in [2.45, 2.75) is 38.1 Å². The number of hydrogen-bond acceptors (Lipinski definition) is 6. The zero-order valence-electron chi connectivity index (χ0n) is 10.8. The summed E-state index contributed by atoms with van der Waals surface area (Å²) >= 11 is 1.30. The topological polar surface area (TPSA) is 92.3 Å². The Morgan fingerprint density at radius 3 is 2.67 bits per heavy atom. The standard InChI is InChI=1S/C11H18N4O2S/c1-10(2,3)7-13-9(18-14-7)15-5-4-11(12,6-15)8(16)17/h4-6,12H2,1-3H3,(H,16,17). The van der Waals surface area contributed by atoms with Crippen LogP contribution < -0.4 is 10.6 Å². The summed E-state index contributed by atoms with van der Waals surface area (Å²) in [7, 11) is 0. The molecule has 3 N–H and O–H groups in total. The summed E-state index contributed by atoms with van der Waals surface area (Å²) in [6.07, 6.45) is 0.437. The summed E-state index contributed by atoms with van der Waals surface area (Å²) in [5.74, 6) is -0.169. The fourth-order valence-electron chi connectivity index (χ4n) is 1.82. The minimum atomic E-state index is -1.16. The Kier molecular flexibility index (Phi) is 3.06. The maximum Gasteiger partial charge on any atom is 0.325 e. The van der Waals surface area contributed by atoms with E-state index in [0.29, 0.717) is 19.5 Å². The minimum Gasteiger partial charge on any atom is -0.480 e. The lowest BCUT2D eigenvalue weighted by atomic mass is 9.96. The predicted molar refractivity (Wildman–Crippen MR) is 70.0 cm³/mol. The van der Waals surface area contributed by atoms with Gasteiger partial charge in [0, 0.05) is 30.0 Å². The van der Waals surface area contributed by atoms with Crippen molar-refractivity contribution in [2.24, 2.45) is 5.73 Å². The summed E-state index contributed by atoms with van der Waals surface area (Å²) in [5.41, 5.74) is 4.58. The first-order valence-electron chi connectivity index (χ1n) is 5.84. The maximum atomic E-state index is 11.1. The van der Waals surface area contributed by atoms with E-state index in [9.17, 15) is 4.79 Å². The van der Waals surface area contributed by atoms with Gasteiger partial charge in [-0.2, -0.15) is 4.37 Å². The first-order chi connectivity index (χ1) is 8.22. The number of anilines is 1. The van der Waals surface area contributed by atoms with Crippen molar-refractivity contribution < 1.29 is 9.90 Å². The quantitative estimate of drug-likeness (QED) is 0.827. The van der Waals surface area contributed by atoms with Crippen LogP contribution in [0.3, 0.4) is 0 Å². The third-order valence-electron chi connectivity index (χ3n) is 3.08. The number of carbonyl (C=O) groups is 1. The molecule has 1 aromatic rings. The molecule has 1 saturated heterocycles. The number of nitrogens with two attached hydrogens (primary N) is 1. The molecule has 6 nitrogen and oxygen atoms in total. The van der Waals surface area contributed by atoms with Crippen molar-refractivity contribution in [1.29, 1.82) is 0 Å². The van der Waals surface area contributed by atoms with E-state index >= 15 is 0 Å². The Morgan fingerprint density at radius 1 is 1.56 bits per heavy atom. The molecule has 0 bridgehead atoms. The van der Waals surface area contributed by atoms with E-state index in [2.05, 4.69) is 9.36 Å². The zero-order chi connectivity index (χ0) is 13.6. The molecule has 1 aliphatic heterocycles. The van der Waals surface area contributed by atoms with Gasteiger partial charge in [-0.1, -0.05) is 20.8 Å². The number of carboxylic acids is 1. The van der Waals surface area contributed by atoms with Gasteiger partial charge in [-0.25, -0.2) is 4.98 Å². The molecule has 0 spiro atoms. The molecule has 1 unspecified atom stereocenters. The van der Waals surface area contributed by atoms with Gasteiger partial charge in [0.15, 0.2) is 0 Å². The number of nitrogens with zero attached hydrogens (tertiary/aromatic N) is 3. The van der Waals surface area contributed by atoms with Gasteiger partial charge in [0.25, 0.3) is 0 Å². The largest absolute Gasteiger partial charge is 0.480 e. The van der Waals surface area contributed by atoms with Crippen molar-refractivity contribution in [3.8, 4) is 0 Å². The molecular weight excluding hydrogens is 252 g/mol. The third-order valence-corrected chi connectivity index (χ3v) is 3.86. The van der Waals surface area contributed by atoms with Crippen LogP contribution in [0.4, 0.5) is 5.13 Å². The van der Waals surface area contributed by atoms with Crippen LogP contribution in [0.2, 0.25) is 0 Å². The fraction of sp³-hybridized carbons (Fsp3) is 0.727. The van der Waals surface area contributed by atoms with Crippen LogP contribution in [-0.4, -0.2) is 39.1 Å². The molecule has 2 rings (SSSR count). The SMILES string of the molecule is CC(C)(C)c1nsc(N2CCC(N)(C(=O)O)C2)n1. The van der Waals surface area contributed by atoms with Crippen LogP contribution in [0.5, 0.6) is 0 Å². The van der Waals surface area contributed by atoms with E-state index < -0.39 is 11.5 Å². The Morgan fingerprint density at radius 2 is 2.22 bits per heavy atom. The highest BCUT2D eigenvalue weighted by molar-refractivity contribution is 7.09. The smallest absolute Gasteiger partial charge is 0.325 e. The van der Waals surface area contributed by atoms with Crippen LogP contribution in [0, 0.1) is 0 Å². The first-order valence-corrected chi connectivity index (χ1v) is 6.61. The third kappa shape index (κ3) is 2.32. The van der Waals surface area contributed by atoms with Crippen molar-refractivity contribution in [3.05, 3.63) is 5.82 Å². The van der Waals surface area contributed by atoms with Gasteiger partial charge >= 0.3 is 5.97 Å². The highest BCUT2D eigenvalue weighted by Gasteiger charge is 2.42. The molecule has 0 aromatic carbocycles. The zero-order valence-corrected chi connectivity index (χ0v) is 11.6. The van der Waals surface area contributed by atoms with Crippen molar-refractivity contribution in [2.75, 3.05) is 18.0 Å². The molecule has 0 aliphatic carbocycles. The van der Waals surface area contributed by atoms with E-state index in [-0.39, 0.29) is 5.41 Å². The highest BCUT2D eigenvalue weighted by Crippen LogP contribution is 2.29. The summed E-state index contributed by atoms with van der Waals surface area (Å²) in [4.78, 5) is 17.5. The van der Waals surface area contributed by atoms with Crippen LogP contribution in [-0.2, 0) is 10.2 Å². The Labute approximate surface area is 110 Å². The summed E-state index contributed by atoms with van der Waals surface area (Å²) in [5, 5.41) is 9.85. The minimum absolute atomic E-state index is 0.0962. The van der Waals surface area contributed by atoms with Crippen LogP contribution in [0.25, 0.3) is 0 Å². The molecule has 1 aromatic heterocycles. The average molecular weight is 270 g/mol. The number of aromatic nitrogens is 2. The number of aliphatic carboxylic acids is 1. The van der Waals surface area contributed by atoms with Crippen molar-refractivity contribution >= 4 is 22.6 Å². The van der Waals surface area contributed by atoms with Crippen LogP contribution >= 0.6 is 11.5 Å². The Bertz CT molecular complexity index is 468. The number of hydrogen-bond donors (Lipinski definition) is 2. The number of carboxylic acid groups (broad SMARTS) is 1. The van der Waals surface area contributed by atoms with E-state index in [1.54, 1.807) is 0 Å². The first kappa shape index (κ1) is 13.2. The van der Waals surface area contributed by atoms with Gasteiger partial charge < -0.3 is 15.7 Å².